The third kappa shape index (κ3) is 8.93. The minimum Gasteiger partial charge on any atom is -0.508 e. The van der Waals surface area contributed by atoms with Crippen LogP contribution in [0.4, 0.5) is 0 Å². The third-order valence-corrected chi connectivity index (χ3v) is 8.67. The Balaban J connectivity index is 1.29. The van der Waals surface area contributed by atoms with Crippen molar-refractivity contribution in [2.75, 3.05) is 26.2 Å². The Hall–Kier alpha value is -4.20. The molecule has 236 valence electrons. The second-order valence-electron chi connectivity index (χ2n) is 12.4. The first-order valence-corrected chi connectivity index (χ1v) is 16.3. The number of hydrogen-bond donors (Lipinski definition) is 4. The second-order valence-corrected chi connectivity index (χ2v) is 12.4. The van der Waals surface area contributed by atoms with E-state index in [1.807, 2.05) is 35.2 Å². The molecule has 1 fully saturated rings. The fourth-order valence-electron chi connectivity index (χ4n) is 6.18. The van der Waals surface area contributed by atoms with Gasteiger partial charge in [0.25, 0.3) is 5.91 Å². The van der Waals surface area contributed by atoms with Gasteiger partial charge in [-0.15, -0.1) is 0 Å². The van der Waals surface area contributed by atoms with E-state index in [4.69, 9.17) is 0 Å². The Morgan fingerprint density at radius 2 is 1.58 bits per heavy atom. The van der Waals surface area contributed by atoms with E-state index in [0.717, 1.165) is 43.0 Å². The molecule has 4 N–H and O–H groups in total. The third-order valence-electron chi connectivity index (χ3n) is 8.67. The molecule has 2 amide bonds. The van der Waals surface area contributed by atoms with Crippen LogP contribution in [-0.2, 0) is 4.79 Å². The van der Waals surface area contributed by atoms with E-state index in [0.29, 0.717) is 31.2 Å². The number of nitrogens with one attached hydrogen (secondary N) is 3. The van der Waals surface area contributed by atoms with Crippen molar-refractivity contribution in [3.63, 3.8) is 0 Å². The van der Waals surface area contributed by atoms with Crippen molar-refractivity contribution in [1.29, 1.82) is 0 Å². The van der Waals surface area contributed by atoms with E-state index < -0.39 is 0 Å². The highest BCUT2D eigenvalue weighted by Crippen LogP contribution is 2.27. The van der Waals surface area contributed by atoms with Gasteiger partial charge in [0, 0.05) is 43.2 Å². The molecule has 1 saturated heterocycles. The summed E-state index contributed by atoms with van der Waals surface area (Å²) in [6.07, 6.45) is 3.42. The summed E-state index contributed by atoms with van der Waals surface area (Å²) in [6, 6.07) is 31.6. The van der Waals surface area contributed by atoms with Gasteiger partial charge in [0.1, 0.15) is 5.75 Å². The largest absolute Gasteiger partial charge is 0.508 e. The molecule has 0 aliphatic carbocycles. The summed E-state index contributed by atoms with van der Waals surface area (Å²) in [5, 5.41) is 21.8. The lowest BCUT2D eigenvalue weighted by Crippen LogP contribution is -2.49. The minimum absolute atomic E-state index is 0.0361. The Morgan fingerprint density at radius 1 is 0.911 bits per heavy atom. The van der Waals surface area contributed by atoms with Crippen LogP contribution in [0.25, 0.3) is 10.8 Å². The van der Waals surface area contributed by atoms with Crippen LogP contribution in [0.3, 0.4) is 0 Å². The first-order valence-electron chi connectivity index (χ1n) is 16.3. The van der Waals surface area contributed by atoms with Crippen LogP contribution in [0.2, 0.25) is 0 Å². The molecule has 0 spiro atoms. The molecular weight excluding hydrogens is 560 g/mol. The standard InChI is InChI=1S/C38H46N4O3/c1-27(2)39-21-10-9-15-36-38(45)42(26-35(28-11-5-3-6-12-28)29-13-7-4-8-14-29)22-20-33(41-36)25-40-37(44)32-17-16-31-24-34(43)19-18-30(31)23-32/h3-8,11-14,16-19,23-24,27,33,35-36,39,41,43H,9-10,15,20-22,25-26H2,1-2H3,(H,40,44)/t33-,36-/m0/s1. The predicted molar refractivity (Wildman–Crippen MR) is 182 cm³/mol. The highest BCUT2D eigenvalue weighted by atomic mass is 16.3. The molecule has 0 saturated carbocycles. The van der Waals surface area contributed by atoms with E-state index in [2.05, 4.69) is 78.3 Å². The SMILES string of the molecule is CC(C)NCCCC[C@@H]1N[C@H](CNC(=O)c2ccc3cc(O)ccc3c2)CCN(CC(c2ccccc2)c2ccccc2)C1=O. The topological polar surface area (TPSA) is 93.7 Å². The Kier molecular flexibility index (Phi) is 11.2. The number of fused-ring (bicyclic) bond motifs is 1. The van der Waals surface area contributed by atoms with Gasteiger partial charge in [-0.3, -0.25) is 9.59 Å². The van der Waals surface area contributed by atoms with Gasteiger partial charge in [-0.05, 0) is 72.0 Å². The van der Waals surface area contributed by atoms with Crippen LogP contribution in [0.5, 0.6) is 5.75 Å². The highest BCUT2D eigenvalue weighted by molar-refractivity contribution is 5.98. The smallest absolute Gasteiger partial charge is 0.251 e. The van der Waals surface area contributed by atoms with Crippen molar-refractivity contribution in [2.24, 2.45) is 0 Å². The van der Waals surface area contributed by atoms with Gasteiger partial charge in [0.2, 0.25) is 5.91 Å². The number of benzene rings is 4. The Bertz CT molecular complexity index is 1500. The van der Waals surface area contributed by atoms with Crippen LogP contribution in [0.1, 0.15) is 66.9 Å². The number of rotatable bonds is 13. The van der Waals surface area contributed by atoms with Crippen LogP contribution in [-0.4, -0.2) is 66.1 Å². The maximum Gasteiger partial charge on any atom is 0.251 e. The zero-order valence-electron chi connectivity index (χ0n) is 26.4. The fraction of sp³-hybridized carbons (Fsp3) is 0.368. The monoisotopic (exact) mass is 606 g/mol. The number of amides is 2. The van der Waals surface area contributed by atoms with Crippen LogP contribution in [0, 0.1) is 0 Å². The van der Waals surface area contributed by atoms with E-state index >= 15 is 0 Å². The first-order chi connectivity index (χ1) is 21.9. The van der Waals surface area contributed by atoms with Crippen LogP contribution >= 0.6 is 0 Å². The van der Waals surface area contributed by atoms with Crippen molar-refractivity contribution in [1.82, 2.24) is 20.9 Å². The summed E-state index contributed by atoms with van der Waals surface area (Å²) in [5.41, 5.74) is 2.96. The maximum absolute atomic E-state index is 14.1. The number of nitrogens with zero attached hydrogens (tertiary/aromatic N) is 1. The Labute approximate surface area is 267 Å². The molecule has 0 bridgehead atoms. The summed E-state index contributed by atoms with van der Waals surface area (Å²) in [5.74, 6) is 0.254. The van der Waals surface area contributed by atoms with Gasteiger partial charge in [-0.2, -0.15) is 0 Å². The first kappa shape index (κ1) is 32.2. The summed E-state index contributed by atoms with van der Waals surface area (Å²) >= 11 is 0. The van der Waals surface area contributed by atoms with Crippen molar-refractivity contribution in [3.05, 3.63) is 114 Å². The molecule has 45 heavy (non-hydrogen) atoms. The molecule has 1 aliphatic heterocycles. The molecule has 7 nitrogen and oxygen atoms in total. The maximum atomic E-state index is 14.1. The summed E-state index contributed by atoms with van der Waals surface area (Å²) < 4.78 is 0. The summed E-state index contributed by atoms with van der Waals surface area (Å²) in [6.45, 7) is 6.87. The van der Waals surface area contributed by atoms with Gasteiger partial charge in [-0.25, -0.2) is 0 Å². The van der Waals surface area contributed by atoms with Crippen molar-refractivity contribution >= 4 is 22.6 Å². The number of hydrogen-bond acceptors (Lipinski definition) is 5. The lowest BCUT2D eigenvalue weighted by atomic mass is 9.90. The van der Waals surface area contributed by atoms with E-state index in [-0.39, 0.29) is 35.6 Å². The van der Waals surface area contributed by atoms with E-state index in [1.54, 1.807) is 18.2 Å². The molecule has 4 aromatic carbocycles. The molecule has 5 rings (SSSR count). The zero-order chi connectivity index (χ0) is 31.6. The number of aromatic hydroxyl groups is 1. The average molecular weight is 607 g/mol. The summed E-state index contributed by atoms with van der Waals surface area (Å²) in [7, 11) is 0. The van der Waals surface area contributed by atoms with E-state index in [1.165, 1.54) is 11.1 Å². The lowest BCUT2D eigenvalue weighted by Gasteiger charge is -2.29. The number of carbonyl (C=O) groups is 2. The number of phenols is 1. The molecule has 7 heteroatoms. The molecule has 1 aliphatic rings. The quantitative estimate of drug-likeness (QED) is 0.144. The van der Waals surface area contributed by atoms with Gasteiger partial charge in [0.05, 0.1) is 6.04 Å². The number of unbranched alkanes of at least 4 members (excludes halogenated alkanes) is 1. The number of carbonyl (C=O) groups excluding carboxylic acids is 2. The minimum atomic E-state index is -0.311. The van der Waals surface area contributed by atoms with Gasteiger partial charge in [-0.1, -0.05) is 93.1 Å². The van der Waals surface area contributed by atoms with Crippen molar-refractivity contribution < 1.29 is 14.7 Å². The molecule has 2 atom stereocenters. The van der Waals surface area contributed by atoms with Crippen LogP contribution in [0.15, 0.2) is 97.1 Å². The molecular formula is C38H46N4O3. The molecule has 1 heterocycles. The molecule has 0 aromatic heterocycles. The normalized spacial score (nSPS) is 17.2. The predicted octanol–water partition coefficient (Wildman–Crippen LogP) is 5.83. The number of phenolic OH excluding ortho intramolecular Hbond substituents is 1. The average Bonchev–Trinajstić information content (AvgIpc) is 3.20. The summed E-state index contributed by atoms with van der Waals surface area (Å²) in [4.78, 5) is 29.3. The van der Waals surface area contributed by atoms with Gasteiger partial charge in [0.15, 0.2) is 0 Å². The fourth-order valence-corrected chi connectivity index (χ4v) is 6.18. The molecule has 4 aromatic rings. The van der Waals surface area contributed by atoms with E-state index in [9.17, 15) is 14.7 Å². The van der Waals surface area contributed by atoms with Crippen molar-refractivity contribution in [2.45, 2.75) is 63.6 Å². The second kappa shape index (κ2) is 15.7. The Morgan fingerprint density at radius 3 is 2.27 bits per heavy atom. The van der Waals surface area contributed by atoms with Crippen molar-refractivity contribution in [3.8, 4) is 5.75 Å². The van der Waals surface area contributed by atoms with Gasteiger partial charge < -0.3 is 26.0 Å². The van der Waals surface area contributed by atoms with Gasteiger partial charge >= 0.3 is 0 Å². The molecule has 0 unspecified atom stereocenters. The highest BCUT2D eigenvalue weighted by Gasteiger charge is 2.32. The lowest BCUT2D eigenvalue weighted by molar-refractivity contribution is -0.133. The zero-order valence-corrected chi connectivity index (χ0v) is 26.4. The van der Waals surface area contributed by atoms with Crippen LogP contribution < -0.4 is 16.0 Å². The molecule has 0 radical (unpaired) electrons.